The number of pyridine rings is 1. The molecule has 88 valence electrons. The van der Waals surface area contributed by atoms with Crippen molar-refractivity contribution in [2.75, 3.05) is 0 Å². The number of nitrogens with two attached hydrogens (primary N) is 1. The summed E-state index contributed by atoms with van der Waals surface area (Å²) in [7, 11) is 0. The lowest BCUT2D eigenvalue weighted by Gasteiger charge is -2.39. The molecule has 1 aliphatic carbocycles. The monoisotopic (exact) mass is 218 g/mol. The molecule has 2 rings (SSSR count). The molecule has 1 aromatic heterocycles. The zero-order chi connectivity index (χ0) is 11.6. The molecule has 0 radical (unpaired) electrons. The van der Waals surface area contributed by atoms with E-state index in [9.17, 15) is 0 Å². The zero-order valence-corrected chi connectivity index (χ0v) is 10.3. The van der Waals surface area contributed by atoms with Crippen LogP contribution >= 0.6 is 0 Å². The van der Waals surface area contributed by atoms with Gasteiger partial charge in [-0.2, -0.15) is 0 Å². The second-order valence-corrected chi connectivity index (χ2v) is 5.86. The van der Waals surface area contributed by atoms with Gasteiger partial charge in [-0.05, 0) is 49.1 Å². The Morgan fingerprint density at radius 3 is 2.94 bits per heavy atom. The third kappa shape index (κ3) is 2.82. The minimum absolute atomic E-state index is 0.357. The topological polar surface area (TPSA) is 38.9 Å². The highest BCUT2D eigenvalue weighted by atomic mass is 14.7. The van der Waals surface area contributed by atoms with E-state index in [1.54, 1.807) is 0 Å². The van der Waals surface area contributed by atoms with Crippen molar-refractivity contribution >= 4 is 0 Å². The van der Waals surface area contributed by atoms with Gasteiger partial charge < -0.3 is 5.73 Å². The van der Waals surface area contributed by atoms with Gasteiger partial charge in [0.2, 0.25) is 0 Å². The number of aromatic nitrogens is 1. The Hall–Kier alpha value is -0.890. The van der Waals surface area contributed by atoms with E-state index in [0.29, 0.717) is 17.4 Å². The SMILES string of the molecule is CC1(C)CCC(N)C(Cc2ccccn2)C1. The molecule has 16 heavy (non-hydrogen) atoms. The Kier molecular flexibility index (Phi) is 3.29. The van der Waals surface area contributed by atoms with Crippen molar-refractivity contribution in [1.82, 2.24) is 4.98 Å². The van der Waals surface area contributed by atoms with E-state index in [4.69, 9.17) is 5.73 Å². The maximum Gasteiger partial charge on any atom is 0.0406 e. The third-order valence-corrected chi connectivity index (χ3v) is 3.77. The fourth-order valence-electron chi connectivity index (χ4n) is 2.77. The van der Waals surface area contributed by atoms with Gasteiger partial charge in [-0.3, -0.25) is 4.98 Å². The maximum absolute atomic E-state index is 6.22. The molecule has 2 nitrogen and oxygen atoms in total. The lowest BCUT2D eigenvalue weighted by Crippen LogP contribution is -2.40. The van der Waals surface area contributed by atoms with Crippen molar-refractivity contribution in [1.29, 1.82) is 0 Å². The smallest absolute Gasteiger partial charge is 0.0406 e. The average molecular weight is 218 g/mol. The van der Waals surface area contributed by atoms with Gasteiger partial charge in [0.1, 0.15) is 0 Å². The Bertz CT molecular complexity index is 332. The van der Waals surface area contributed by atoms with Crippen LogP contribution in [0, 0.1) is 11.3 Å². The van der Waals surface area contributed by atoms with Crippen LogP contribution in [0.3, 0.4) is 0 Å². The van der Waals surface area contributed by atoms with Crippen molar-refractivity contribution in [3.63, 3.8) is 0 Å². The number of rotatable bonds is 2. The van der Waals surface area contributed by atoms with Crippen LogP contribution in [0.2, 0.25) is 0 Å². The molecule has 2 heteroatoms. The van der Waals surface area contributed by atoms with Gasteiger partial charge in [0, 0.05) is 17.9 Å². The van der Waals surface area contributed by atoms with Crippen molar-refractivity contribution in [3.05, 3.63) is 30.1 Å². The molecular formula is C14H22N2. The zero-order valence-electron chi connectivity index (χ0n) is 10.3. The van der Waals surface area contributed by atoms with Gasteiger partial charge in [-0.25, -0.2) is 0 Å². The van der Waals surface area contributed by atoms with Gasteiger partial charge in [0.25, 0.3) is 0 Å². The summed E-state index contributed by atoms with van der Waals surface area (Å²) >= 11 is 0. The van der Waals surface area contributed by atoms with E-state index < -0.39 is 0 Å². The standard InChI is InChI=1S/C14H22N2/c1-14(2)7-6-13(15)11(10-14)9-12-5-3-4-8-16-12/h3-5,8,11,13H,6-7,9-10,15H2,1-2H3. The molecule has 2 unspecified atom stereocenters. The summed E-state index contributed by atoms with van der Waals surface area (Å²) in [6.45, 7) is 4.70. The molecule has 1 saturated carbocycles. The summed E-state index contributed by atoms with van der Waals surface area (Å²) < 4.78 is 0. The van der Waals surface area contributed by atoms with Crippen molar-refractivity contribution in [2.24, 2.45) is 17.1 Å². The Labute approximate surface area is 98.3 Å². The molecule has 2 atom stereocenters. The van der Waals surface area contributed by atoms with E-state index in [1.807, 2.05) is 12.3 Å². The average Bonchev–Trinajstić information content (AvgIpc) is 2.25. The molecule has 2 N–H and O–H groups in total. The summed E-state index contributed by atoms with van der Waals surface area (Å²) in [5.74, 6) is 0.596. The number of hydrogen-bond acceptors (Lipinski definition) is 2. The molecule has 0 spiro atoms. The third-order valence-electron chi connectivity index (χ3n) is 3.77. The maximum atomic E-state index is 6.22. The van der Waals surface area contributed by atoms with Crippen LogP contribution in [-0.4, -0.2) is 11.0 Å². The van der Waals surface area contributed by atoms with E-state index in [0.717, 1.165) is 12.8 Å². The molecule has 1 fully saturated rings. The largest absolute Gasteiger partial charge is 0.327 e. The molecule has 1 aromatic rings. The summed E-state index contributed by atoms with van der Waals surface area (Å²) in [6.07, 6.45) is 6.54. The van der Waals surface area contributed by atoms with Gasteiger partial charge >= 0.3 is 0 Å². The highest BCUT2D eigenvalue weighted by Crippen LogP contribution is 2.39. The van der Waals surface area contributed by atoms with Crippen molar-refractivity contribution < 1.29 is 0 Å². The molecule has 0 bridgehead atoms. The van der Waals surface area contributed by atoms with Gasteiger partial charge in [-0.1, -0.05) is 19.9 Å². The Morgan fingerprint density at radius 1 is 1.44 bits per heavy atom. The van der Waals surface area contributed by atoms with Gasteiger partial charge in [0.05, 0.1) is 0 Å². The lowest BCUT2D eigenvalue weighted by atomic mass is 9.69. The van der Waals surface area contributed by atoms with E-state index in [2.05, 4.69) is 31.0 Å². The normalized spacial score (nSPS) is 28.9. The first-order valence-corrected chi connectivity index (χ1v) is 6.22. The molecular weight excluding hydrogens is 196 g/mol. The van der Waals surface area contributed by atoms with E-state index in [1.165, 1.54) is 18.5 Å². The Balaban J connectivity index is 2.03. The first-order valence-electron chi connectivity index (χ1n) is 6.22. The summed E-state index contributed by atoms with van der Waals surface area (Å²) in [5, 5.41) is 0. The second kappa shape index (κ2) is 4.54. The van der Waals surface area contributed by atoms with Crippen LogP contribution in [0.5, 0.6) is 0 Å². The minimum Gasteiger partial charge on any atom is -0.327 e. The van der Waals surface area contributed by atoms with Crippen LogP contribution < -0.4 is 5.73 Å². The van der Waals surface area contributed by atoms with Crippen LogP contribution in [0.4, 0.5) is 0 Å². The molecule has 1 heterocycles. The molecule has 0 aliphatic heterocycles. The van der Waals surface area contributed by atoms with Crippen molar-refractivity contribution in [2.45, 2.75) is 45.6 Å². The molecule has 0 saturated heterocycles. The van der Waals surface area contributed by atoms with Gasteiger partial charge in [-0.15, -0.1) is 0 Å². The predicted molar refractivity (Wildman–Crippen MR) is 67.0 cm³/mol. The molecule has 0 amide bonds. The van der Waals surface area contributed by atoms with E-state index in [-0.39, 0.29) is 0 Å². The summed E-state index contributed by atoms with van der Waals surface area (Å²) in [4.78, 5) is 4.40. The van der Waals surface area contributed by atoms with Crippen LogP contribution in [0.1, 0.15) is 38.8 Å². The highest BCUT2D eigenvalue weighted by molar-refractivity contribution is 5.06. The number of hydrogen-bond donors (Lipinski definition) is 1. The number of nitrogens with zero attached hydrogens (tertiary/aromatic N) is 1. The minimum atomic E-state index is 0.357. The van der Waals surface area contributed by atoms with Crippen molar-refractivity contribution in [3.8, 4) is 0 Å². The van der Waals surface area contributed by atoms with Crippen LogP contribution in [0.15, 0.2) is 24.4 Å². The van der Waals surface area contributed by atoms with Gasteiger partial charge in [0.15, 0.2) is 0 Å². The van der Waals surface area contributed by atoms with E-state index >= 15 is 0 Å². The molecule has 1 aliphatic rings. The summed E-state index contributed by atoms with van der Waals surface area (Å²) in [6, 6.07) is 6.49. The quantitative estimate of drug-likeness (QED) is 0.829. The fraction of sp³-hybridized carbons (Fsp3) is 0.643. The molecule has 0 aromatic carbocycles. The van der Waals surface area contributed by atoms with Crippen LogP contribution in [0.25, 0.3) is 0 Å². The predicted octanol–water partition coefficient (Wildman–Crippen LogP) is 2.78. The first-order chi connectivity index (χ1) is 7.57. The highest BCUT2D eigenvalue weighted by Gasteiger charge is 2.32. The Morgan fingerprint density at radius 2 is 2.25 bits per heavy atom. The second-order valence-electron chi connectivity index (χ2n) is 5.86. The van der Waals surface area contributed by atoms with Crippen LogP contribution in [-0.2, 0) is 6.42 Å². The summed E-state index contributed by atoms with van der Waals surface area (Å²) in [5.41, 5.74) is 7.85. The first kappa shape index (κ1) is 11.6. The fourth-order valence-corrected chi connectivity index (χ4v) is 2.77. The lowest BCUT2D eigenvalue weighted by molar-refractivity contribution is 0.156.